The molecule has 2 aromatic heterocycles. The van der Waals surface area contributed by atoms with Gasteiger partial charge in [-0.1, -0.05) is 172 Å². The first-order valence-electron chi connectivity index (χ1n) is 21.3. The lowest BCUT2D eigenvalue weighted by Gasteiger charge is -2.46. The number of aromatic nitrogens is 3. The van der Waals surface area contributed by atoms with Gasteiger partial charge in [0.2, 0.25) is 5.95 Å². The number of allylic oxidation sites excluding steroid dienone is 3. The van der Waals surface area contributed by atoms with E-state index in [4.69, 9.17) is 9.97 Å². The van der Waals surface area contributed by atoms with Crippen LogP contribution in [0.4, 0.5) is 11.4 Å². The standard InChI is InChI=1S/C57H42N4/c1-57(2)47-22-12-14-24-51(47)60(43-18-7-4-8-19-43)52-33-31-42(36-48(52)57)41-30-32-50-46(35-41)54-44-20-10-9-17-39(44)29-34-53(54)61(50)56-58-49-23-13-11-21-45(49)55(59-56)40-27-25-38(26-28-40)37-15-5-3-6-16-37/h3-30,32-36,42H,31H2,1-2H3. The Kier molecular flexibility index (Phi) is 7.98. The molecule has 0 bridgehead atoms. The Morgan fingerprint density at radius 2 is 1.23 bits per heavy atom. The minimum atomic E-state index is -0.171. The molecule has 12 rings (SSSR count). The summed E-state index contributed by atoms with van der Waals surface area (Å²) in [5, 5.41) is 5.91. The zero-order valence-corrected chi connectivity index (χ0v) is 34.1. The first-order valence-corrected chi connectivity index (χ1v) is 21.3. The second-order valence-electron chi connectivity index (χ2n) is 17.0. The number of hydrogen-bond donors (Lipinski definition) is 0. The maximum absolute atomic E-state index is 5.45. The lowest BCUT2D eigenvalue weighted by molar-refractivity contribution is 0.595. The van der Waals surface area contributed by atoms with E-state index in [9.17, 15) is 0 Å². The zero-order chi connectivity index (χ0) is 40.7. The summed E-state index contributed by atoms with van der Waals surface area (Å²) in [6.45, 7) is 4.77. The Hall–Kier alpha value is -7.56. The van der Waals surface area contributed by atoms with Gasteiger partial charge in [-0.05, 0) is 87.5 Å². The van der Waals surface area contributed by atoms with Gasteiger partial charge in [0, 0.05) is 44.4 Å². The molecular formula is C57H42N4. The summed E-state index contributed by atoms with van der Waals surface area (Å²) in [6.07, 6.45) is 5.94. The Labute approximate surface area is 355 Å². The van der Waals surface area contributed by atoms with Gasteiger partial charge in [0.15, 0.2) is 0 Å². The summed E-state index contributed by atoms with van der Waals surface area (Å²) >= 11 is 0. The molecule has 0 saturated carbocycles. The molecule has 1 aliphatic carbocycles. The minimum Gasteiger partial charge on any atom is -0.310 e. The number of anilines is 2. The molecule has 0 fully saturated rings. The largest absolute Gasteiger partial charge is 0.310 e. The predicted molar refractivity (Wildman–Crippen MR) is 254 cm³/mol. The molecule has 290 valence electrons. The van der Waals surface area contributed by atoms with Crippen molar-refractivity contribution in [1.29, 1.82) is 0 Å². The molecular weight excluding hydrogens is 741 g/mol. The predicted octanol–water partition coefficient (Wildman–Crippen LogP) is 14.6. The monoisotopic (exact) mass is 782 g/mol. The van der Waals surface area contributed by atoms with Crippen molar-refractivity contribution >= 4 is 54.9 Å². The first kappa shape index (κ1) is 35.4. The van der Waals surface area contributed by atoms with Gasteiger partial charge in [-0.3, -0.25) is 4.57 Å². The molecule has 0 amide bonds. The third-order valence-corrected chi connectivity index (χ3v) is 13.1. The molecule has 0 saturated heterocycles. The van der Waals surface area contributed by atoms with Gasteiger partial charge in [-0.2, -0.15) is 0 Å². The van der Waals surface area contributed by atoms with Crippen LogP contribution in [0, 0.1) is 0 Å². The van der Waals surface area contributed by atoms with Crippen LogP contribution in [0.25, 0.3) is 71.8 Å². The van der Waals surface area contributed by atoms with Crippen LogP contribution < -0.4 is 4.90 Å². The highest BCUT2D eigenvalue weighted by Crippen LogP contribution is 2.53. The maximum Gasteiger partial charge on any atom is 0.235 e. The maximum atomic E-state index is 5.45. The first-order chi connectivity index (χ1) is 30.0. The van der Waals surface area contributed by atoms with Gasteiger partial charge in [0.05, 0.1) is 27.9 Å². The summed E-state index contributed by atoms with van der Waals surface area (Å²) in [5.74, 6) is 0.876. The van der Waals surface area contributed by atoms with Crippen LogP contribution in [0.15, 0.2) is 211 Å². The normalized spacial score (nSPS) is 15.8. The van der Waals surface area contributed by atoms with Crippen molar-refractivity contribution in [2.24, 2.45) is 0 Å². The highest BCUT2D eigenvalue weighted by Gasteiger charge is 2.41. The molecule has 0 spiro atoms. The van der Waals surface area contributed by atoms with E-state index in [0.717, 1.165) is 39.6 Å². The van der Waals surface area contributed by atoms with Gasteiger partial charge in [-0.25, -0.2) is 9.97 Å². The van der Waals surface area contributed by atoms with E-state index in [1.807, 2.05) is 0 Å². The number of benzene rings is 8. The summed E-state index contributed by atoms with van der Waals surface area (Å²) < 4.78 is 2.28. The van der Waals surface area contributed by atoms with Gasteiger partial charge in [0.1, 0.15) is 0 Å². The van der Waals surface area contributed by atoms with Crippen molar-refractivity contribution in [3.05, 3.63) is 223 Å². The van der Waals surface area contributed by atoms with Crippen LogP contribution in [0.2, 0.25) is 0 Å². The van der Waals surface area contributed by atoms with Gasteiger partial charge in [-0.15, -0.1) is 0 Å². The van der Waals surface area contributed by atoms with Crippen molar-refractivity contribution in [3.8, 4) is 28.3 Å². The molecule has 8 aromatic carbocycles. The number of hydrogen-bond acceptors (Lipinski definition) is 3. The van der Waals surface area contributed by atoms with E-state index in [1.165, 1.54) is 66.4 Å². The van der Waals surface area contributed by atoms with E-state index in [2.05, 4.69) is 224 Å². The molecule has 1 aliphatic heterocycles. The molecule has 10 aromatic rings. The fraction of sp³-hybridized carbons (Fsp3) is 0.0877. The zero-order valence-electron chi connectivity index (χ0n) is 34.1. The second kappa shape index (κ2) is 13.8. The molecule has 61 heavy (non-hydrogen) atoms. The Balaban J connectivity index is 1.03. The summed E-state index contributed by atoms with van der Waals surface area (Å²) in [5.41, 5.74) is 15.0. The fourth-order valence-corrected chi connectivity index (χ4v) is 10.1. The molecule has 4 heteroatoms. The number of fused-ring (bicyclic) bond motifs is 8. The summed E-state index contributed by atoms with van der Waals surface area (Å²) in [4.78, 5) is 13.2. The average Bonchev–Trinajstić information content (AvgIpc) is 3.66. The molecule has 4 nitrogen and oxygen atoms in total. The van der Waals surface area contributed by atoms with E-state index < -0.39 is 0 Å². The van der Waals surface area contributed by atoms with Crippen LogP contribution in [0.5, 0.6) is 0 Å². The molecule has 1 atom stereocenters. The van der Waals surface area contributed by atoms with E-state index >= 15 is 0 Å². The van der Waals surface area contributed by atoms with Crippen molar-refractivity contribution in [1.82, 2.24) is 14.5 Å². The van der Waals surface area contributed by atoms with Crippen LogP contribution in [-0.4, -0.2) is 14.5 Å². The molecule has 1 unspecified atom stereocenters. The molecule has 2 aliphatic rings. The molecule has 0 radical (unpaired) electrons. The van der Waals surface area contributed by atoms with Gasteiger partial charge >= 0.3 is 0 Å². The van der Waals surface area contributed by atoms with Crippen LogP contribution in [0.3, 0.4) is 0 Å². The molecule has 0 N–H and O–H groups in total. The van der Waals surface area contributed by atoms with Crippen molar-refractivity contribution in [3.63, 3.8) is 0 Å². The minimum absolute atomic E-state index is 0.171. The Bertz CT molecular complexity index is 3410. The van der Waals surface area contributed by atoms with Crippen LogP contribution >= 0.6 is 0 Å². The average molecular weight is 783 g/mol. The highest BCUT2D eigenvalue weighted by molar-refractivity contribution is 6.21. The van der Waals surface area contributed by atoms with Crippen LogP contribution in [0.1, 0.15) is 37.3 Å². The third-order valence-electron chi connectivity index (χ3n) is 13.1. The summed E-state index contributed by atoms with van der Waals surface area (Å²) in [7, 11) is 0. The highest BCUT2D eigenvalue weighted by atomic mass is 15.2. The van der Waals surface area contributed by atoms with Crippen LogP contribution in [-0.2, 0) is 5.41 Å². The van der Waals surface area contributed by atoms with E-state index in [-0.39, 0.29) is 11.3 Å². The Morgan fingerprint density at radius 1 is 0.557 bits per heavy atom. The van der Waals surface area contributed by atoms with E-state index in [0.29, 0.717) is 5.95 Å². The van der Waals surface area contributed by atoms with Crippen molar-refractivity contribution in [2.75, 3.05) is 4.90 Å². The summed E-state index contributed by atoms with van der Waals surface area (Å²) in [6, 6.07) is 67.7. The number of nitrogens with zero attached hydrogens (tertiary/aromatic N) is 4. The molecule has 3 heterocycles. The van der Waals surface area contributed by atoms with Gasteiger partial charge < -0.3 is 4.90 Å². The van der Waals surface area contributed by atoms with Crippen molar-refractivity contribution in [2.45, 2.75) is 31.6 Å². The topological polar surface area (TPSA) is 34.0 Å². The van der Waals surface area contributed by atoms with Crippen molar-refractivity contribution < 1.29 is 0 Å². The number of para-hydroxylation sites is 3. The lowest BCUT2D eigenvalue weighted by atomic mass is 9.69. The second-order valence-corrected chi connectivity index (χ2v) is 17.0. The number of rotatable bonds is 5. The SMILES string of the molecule is CC1(C)C2=CC(c3ccc4c(c3)c3c5ccccc5ccc3n4-c3nc(-c4ccc(-c5ccccc5)cc4)c4ccccc4n3)CC=C2N(c2ccccc2)c2ccccc21. The fourth-order valence-electron chi connectivity index (χ4n) is 10.1. The van der Waals surface area contributed by atoms with Gasteiger partial charge in [0.25, 0.3) is 0 Å². The quantitative estimate of drug-likeness (QED) is 0.174. The third kappa shape index (κ3) is 5.59. The lowest BCUT2D eigenvalue weighted by Crippen LogP contribution is -2.36. The smallest absolute Gasteiger partial charge is 0.235 e. The Morgan fingerprint density at radius 3 is 2.07 bits per heavy atom. The van der Waals surface area contributed by atoms with E-state index in [1.54, 1.807) is 0 Å².